The van der Waals surface area contributed by atoms with Gasteiger partial charge in [0.05, 0.1) is 37.3 Å². The number of thioether (sulfide) groups is 1. The summed E-state index contributed by atoms with van der Waals surface area (Å²) < 4.78 is 17.2. The highest BCUT2D eigenvalue weighted by molar-refractivity contribution is 8.09. The first kappa shape index (κ1) is 20.0. The van der Waals surface area contributed by atoms with Crippen LogP contribution in [0.5, 0.6) is 17.2 Å². The number of carbonyl (C=O) groups is 1. The molecular formula is C20H19NO5S2. The smallest absolute Gasteiger partial charge is 0.313 e. The van der Waals surface area contributed by atoms with Gasteiger partial charge in [-0.2, -0.15) is 0 Å². The van der Waals surface area contributed by atoms with Gasteiger partial charge in [-0.15, -0.1) is 23.1 Å². The van der Waals surface area contributed by atoms with Gasteiger partial charge in [-0.25, -0.2) is 4.98 Å². The van der Waals surface area contributed by atoms with Gasteiger partial charge in [-0.05, 0) is 35.9 Å². The van der Waals surface area contributed by atoms with Gasteiger partial charge in [-0.3, -0.25) is 4.79 Å². The van der Waals surface area contributed by atoms with Gasteiger partial charge >= 0.3 is 5.97 Å². The van der Waals surface area contributed by atoms with Gasteiger partial charge in [0.1, 0.15) is 5.01 Å². The lowest BCUT2D eigenvalue weighted by Crippen LogP contribution is -1.98. The maximum Gasteiger partial charge on any atom is 0.313 e. The van der Waals surface area contributed by atoms with Crippen LogP contribution in [0.3, 0.4) is 0 Å². The fraction of sp³-hybridized carbons (Fsp3) is 0.200. The normalized spacial score (nSPS) is 11.5. The highest BCUT2D eigenvalue weighted by Gasteiger charge is 2.15. The minimum Gasteiger partial charge on any atom is -0.493 e. The Balaban J connectivity index is 2.09. The molecule has 0 bridgehead atoms. The molecule has 1 heterocycles. The molecule has 0 aliphatic heterocycles. The topological polar surface area (TPSA) is 77.9 Å². The molecular weight excluding hydrogens is 398 g/mol. The van der Waals surface area contributed by atoms with E-state index in [1.165, 1.54) is 23.1 Å². The maximum absolute atomic E-state index is 11.1. The van der Waals surface area contributed by atoms with Crippen LogP contribution in [0.4, 0.5) is 0 Å². The molecule has 0 saturated heterocycles. The number of nitrogens with zero attached hydrogens (tertiary/aromatic N) is 1. The zero-order valence-electron chi connectivity index (χ0n) is 15.6. The predicted octanol–water partition coefficient (Wildman–Crippen LogP) is 4.64. The Hall–Kier alpha value is -2.71. The summed E-state index contributed by atoms with van der Waals surface area (Å²) in [6, 6.07) is 11.5. The van der Waals surface area contributed by atoms with Crippen LogP contribution in [-0.2, 0) is 4.79 Å². The van der Waals surface area contributed by atoms with E-state index in [1.54, 1.807) is 21.3 Å². The first-order chi connectivity index (χ1) is 13.5. The van der Waals surface area contributed by atoms with Crippen LogP contribution in [0.2, 0.25) is 0 Å². The SMILES string of the molecule is COc1cc(/C=C(\SCC(=O)O)c2nc3ccccc3s2)cc(OC)c1OC. The number of rotatable bonds is 8. The van der Waals surface area contributed by atoms with E-state index in [1.807, 2.05) is 42.5 Å². The van der Waals surface area contributed by atoms with Crippen molar-refractivity contribution in [1.29, 1.82) is 0 Å². The maximum atomic E-state index is 11.1. The van der Waals surface area contributed by atoms with Crippen molar-refractivity contribution < 1.29 is 24.1 Å². The number of para-hydroxylation sites is 1. The molecule has 0 aliphatic carbocycles. The zero-order valence-corrected chi connectivity index (χ0v) is 17.2. The molecule has 1 N–H and O–H groups in total. The van der Waals surface area contributed by atoms with Crippen molar-refractivity contribution in [2.24, 2.45) is 0 Å². The second-order valence-corrected chi connectivity index (χ2v) is 7.68. The Kier molecular flexibility index (Phi) is 6.43. The van der Waals surface area contributed by atoms with Crippen molar-refractivity contribution in [2.45, 2.75) is 0 Å². The van der Waals surface area contributed by atoms with Crippen LogP contribution in [0.1, 0.15) is 10.6 Å². The third kappa shape index (κ3) is 4.40. The summed E-state index contributed by atoms with van der Waals surface area (Å²) in [7, 11) is 4.65. The van der Waals surface area contributed by atoms with E-state index in [-0.39, 0.29) is 5.75 Å². The molecule has 6 nitrogen and oxygen atoms in total. The number of thiazole rings is 1. The molecule has 0 fully saturated rings. The standard InChI is InChI=1S/C20H19NO5S2/c1-24-14-8-12(9-15(25-2)19(14)26-3)10-17(27-11-18(22)23)20-21-13-6-4-5-7-16(13)28-20/h4-10H,11H2,1-3H3,(H,22,23)/b17-10-. The number of hydrogen-bond donors (Lipinski definition) is 1. The molecule has 0 saturated carbocycles. The first-order valence-electron chi connectivity index (χ1n) is 8.28. The minimum absolute atomic E-state index is 0.0633. The summed E-state index contributed by atoms with van der Waals surface area (Å²) in [5.41, 5.74) is 1.68. The fourth-order valence-corrected chi connectivity index (χ4v) is 4.46. The Bertz CT molecular complexity index is 970. The van der Waals surface area contributed by atoms with E-state index in [0.717, 1.165) is 25.7 Å². The van der Waals surface area contributed by atoms with E-state index in [0.29, 0.717) is 17.2 Å². The summed E-state index contributed by atoms with van der Waals surface area (Å²) in [5, 5.41) is 9.89. The zero-order chi connectivity index (χ0) is 20.1. The number of methoxy groups -OCH3 is 3. The molecule has 1 aromatic heterocycles. The van der Waals surface area contributed by atoms with Gasteiger partial charge in [0.15, 0.2) is 11.5 Å². The summed E-state index contributed by atoms with van der Waals surface area (Å²) in [4.78, 5) is 16.5. The Labute approximate surface area is 170 Å². The highest BCUT2D eigenvalue weighted by Crippen LogP contribution is 2.41. The lowest BCUT2D eigenvalue weighted by molar-refractivity contribution is -0.133. The van der Waals surface area contributed by atoms with Gasteiger partial charge in [0.25, 0.3) is 0 Å². The van der Waals surface area contributed by atoms with Crippen LogP contribution in [0.25, 0.3) is 21.2 Å². The third-order valence-corrected chi connectivity index (χ3v) is 6.05. The number of benzene rings is 2. The van der Waals surface area contributed by atoms with E-state index in [2.05, 4.69) is 4.98 Å². The fourth-order valence-electron chi connectivity index (χ4n) is 2.62. The third-order valence-electron chi connectivity index (χ3n) is 3.84. The molecule has 8 heteroatoms. The number of ether oxygens (including phenoxy) is 3. The largest absolute Gasteiger partial charge is 0.493 e. The Morgan fingerprint density at radius 3 is 2.39 bits per heavy atom. The van der Waals surface area contributed by atoms with Crippen LogP contribution in [0, 0.1) is 0 Å². The monoisotopic (exact) mass is 417 g/mol. The summed E-state index contributed by atoms with van der Waals surface area (Å²) in [6.07, 6.45) is 1.88. The van der Waals surface area contributed by atoms with Crippen LogP contribution in [-0.4, -0.2) is 43.1 Å². The number of aromatic nitrogens is 1. The van der Waals surface area contributed by atoms with E-state index < -0.39 is 5.97 Å². The average Bonchev–Trinajstić information content (AvgIpc) is 3.14. The molecule has 2 aromatic carbocycles. The summed E-state index contributed by atoms with van der Waals surface area (Å²) in [5.74, 6) is 0.607. The number of carboxylic acids is 1. The second-order valence-electron chi connectivity index (χ2n) is 5.64. The number of fused-ring (bicyclic) bond motifs is 1. The average molecular weight is 418 g/mol. The van der Waals surface area contributed by atoms with Crippen molar-refractivity contribution >= 4 is 50.3 Å². The lowest BCUT2D eigenvalue weighted by Gasteiger charge is -2.13. The molecule has 3 rings (SSSR count). The summed E-state index contributed by atoms with van der Waals surface area (Å²) >= 11 is 2.75. The van der Waals surface area contributed by atoms with Gasteiger partial charge in [-0.1, -0.05) is 12.1 Å². The Morgan fingerprint density at radius 2 is 1.82 bits per heavy atom. The molecule has 28 heavy (non-hydrogen) atoms. The van der Waals surface area contributed by atoms with Crippen molar-refractivity contribution in [3.8, 4) is 17.2 Å². The van der Waals surface area contributed by atoms with E-state index in [4.69, 9.17) is 19.3 Å². The van der Waals surface area contributed by atoms with E-state index in [9.17, 15) is 4.79 Å². The van der Waals surface area contributed by atoms with Crippen LogP contribution >= 0.6 is 23.1 Å². The van der Waals surface area contributed by atoms with Crippen molar-refractivity contribution in [2.75, 3.05) is 27.1 Å². The predicted molar refractivity (Wildman–Crippen MR) is 114 cm³/mol. The molecule has 3 aromatic rings. The van der Waals surface area contributed by atoms with Gasteiger partial charge < -0.3 is 19.3 Å². The van der Waals surface area contributed by atoms with Gasteiger partial charge in [0, 0.05) is 4.91 Å². The molecule has 146 valence electrons. The van der Waals surface area contributed by atoms with Crippen molar-refractivity contribution in [3.63, 3.8) is 0 Å². The highest BCUT2D eigenvalue weighted by atomic mass is 32.2. The molecule has 0 atom stereocenters. The molecule has 0 spiro atoms. The van der Waals surface area contributed by atoms with E-state index >= 15 is 0 Å². The van der Waals surface area contributed by atoms with Crippen molar-refractivity contribution in [3.05, 3.63) is 47.0 Å². The molecule has 0 radical (unpaired) electrons. The lowest BCUT2D eigenvalue weighted by atomic mass is 10.1. The number of aliphatic carboxylic acids is 1. The quantitative estimate of drug-likeness (QED) is 0.572. The van der Waals surface area contributed by atoms with Gasteiger partial charge in [0.2, 0.25) is 5.75 Å². The molecule has 0 unspecified atom stereocenters. The van der Waals surface area contributed by atoms with Crippen LogP contribution in [0.15, 0.2) is 36.4 Å². The molecule has 0 aliphatic rings. The second kappa shape index (κ2) is 8.99. The number of carboxylic acid groups (broad SMARTS) is 1. The summed E-state index contributed by atoms with van der Waals surface area (Å²) in [6.45, 7) is 0. The Morgan fingerprint density at radius 1 is 1.14 bits per heavy atom. The van der Waals surface area contributed by atoms with Crippen molar-refractivity contribution in [1.82, 2.24) is 4.98 Å². The minimum atomic E-state index is -0.887. The first-order valence-corrected chi connectivity index (χ1v) is 10.1. The van der Waals surface area contributed by atoms with Crippen LogP contribution < -0.4 is 14.2 Å². The molecule has 0 amide bonds. The number of hydrogen-bond acceptors (Lipinski definition) is 7.